The Morgan fingerprint density at radius 1 is 1.09 bits per heavy atom. The number of allylic oxidation sites excluding steroid dienone is 2. The second-order valence-electron chi connectivity index (χ2n) is 8.59. The number of ether oxygens (including phenoxy) is 5. The molecule has 0 spiro atoms. The van der Waals surface area contributed by atoms with Crippen LogP contribution in [0.15, 0.2) is 23.8 Å². The molecule has 1 heterocycles. The number of rotatable bonds is 5. The Hall–Kier alpha value is -3.39. The highest BCUT2D eigenvalue weighted by Gasteiger charge is 2.41. The lowest BCUT2D eigenvalue weighted by molar-refractivity contribution is -0.120. The molecule has 0 bridgehead atoms. The van der Waals surface area contributed by atoms with Crippen LogP contribution in [-0.2, 0) is 11.2 Å². The summed E-state index contributed by atoms with van der Waals surface area (Å²) in [6, 6.07) is 3.48. The summed E-state index contributed by atoms with van der Waals surface area (Å²) in [6.07, 6.45) is 1.10. The minimum atomic E-state index is -1.02. The van der Waals surface area contributed by atoms with Crippen LogP contribution in [0.2, 0.25) is 0 Å². The predicted molar refractivity (Wildman–Crippen MR) is 125 cm³/mol. The van der Waals surface area contributed by atoms with Crippen molar-refractivity contribution in [1.82, 2.24) is 0 Å². The highest BCUT2D eigenvalue weighted by atomic mass is 16.7. The van der Waals surface area contributed by atoms with E-state index in [1.807, 2.05) is 13.0 Å². The zero-order chi connectivity index (χ0) is 24.7. The van der Waals surface area contributed by atoms with Crippen LogP contribution in [0, 0.1) is 5.92 Å². The zero-order valence-electron chi connectivity index (χ0n) is 20.2. The lowest BCUT2D eigenvalue weighted by Crippen LogP contribution is -2.34. The van der Waals surface area contributed by atoms with Crippen LogP contribution in [0.4, 0.5) is 0 Å². The number of aromatic hydroxyl groups is 1. The maximum Gasteiger partial charge on any atom is 0.231 e. The van der Waals surface area contributed by atoms with Crippen molar-refractivity contribution in [3.05, 3.63) is 34.9 Å². The van der Waals surface area contributed by atoms with Crippen molar-refractivity contribution in [2.45, 2.75) is 39.2 Å². The van der Waals surface area contributed by atoms with E-state index in [9.17, 15) is 15.0 Å². The van der Waals surface area contributed by atoms with E-state index in [1.165, 1.54) is 21.3 Å². The molecule has 0 saturated heterocycles. The molecule has 0 unspecified atom stereocenters. The van der Waals surface area contributed by atoms with E-state index in [2.05, 4.69) is 0 Å². The monoisotopic (exact) mass is 470 g/mol. The number of fused-ring (bicyclic) bond motifs is 4. The largest absolute Gasteiger partial charge is 0.504 e. The average Bonchev–Trinajstić information content (AvgIpc) is 3.30. The summed E-state index contributed by atoms with van der Waals surface area (Å²) in [5, 5.41) is 22.9. The predicted octanol–water partition coefficient (Wildman–Crippen LogP) is 3.99. The van der Waals surface area contributed by atoms with Crippen LogP contribution in [0.1, 0.15) is 37.8 Å². The summed E-state index contributed by atoms with van der Waals surface area (Å²) in [5.74, 6) is -0.0158. The number of phenols is 1. The molecule has 1 aliphatic carbocycles. The first-order valence-electron chi connectivity index (χ1n) is 11.1. The van der Waals surface area contributed by atoms with Crippen LogP contribution in [-0.4, -0.2) is 50.2 Å². The van der Waals surface area contributed by atoms with E-state index in [1.54, 1.807) is 26.0 Å². The van der Waals surface area contributed by atoms with Crippen molar-refractivity contribution < 1.29 is 38.7 Å². The van der Waals surface area contributed by atoms with E-state index in [0.717, 1.165) is 5.56 Å². The van der Waals surface area contributed by atoms with Gasteiger partial charge < -0.3 is 33.9 Å². The maximum atomic E-state index is 13.6. The summed E-state index contributed by atoms with van der Waals surface area (Å²) in [7, 11) is 4.39. The minimum absolute atomic E-state index is 0.0408. The van der Waals surface area contributed by atoms with Gasteiger partial charge in [0.15, 0.2) is 28.8 Å². The molecule has 34 heavy (non-hydrogen) atoms. The Bertz CT molecular complexity index is 1170. The normalized spacial score (nSPS) is 21.1. The Kier molecular flexibility index (Phi) is 6.36. The standard InChI is InChI=1S/C26H30O8/c1-7-12(2)21(27)20-15-10-16(30-4)24(31-5)23(29)19(15)18-14(8-13(3)22(20)28)9-17-25(26(18)32-6)34-11-33-17/h7,9-10,13,20,22,28-29H,8,11H2,1-6H3/b12-7+/t13-,20-,22-/m1/s1. The molecule has 8 heteroatoms. The first-order valence-corrected chi connectivity index (χ1v) is 11.1. The summed E-state index contributed by atoms with van der Waals surface area (Å²) in [5.41, 5.74) is 2.60. The summed E-state index contributed by atoms with van der Waals surface area (Å²) >= 11 is 0. The number of methoxy groups -OCH3 is 3. The Labute approximate surface area is 198 Å². The fourth-order valence-electron chi connectivity index (χ4n) is 4.86. The van der Waals surface area contributed by atoms with Gasteiger partial charge in [0.05, 0.1) is 33.4 Å². The van der Waals surface area contributed by atoms with Gasteiger partial charge in [0, 0.05) is 11.1 Å². The number of hydrogen-bond donors (Lipinski definition) is 2. The third kappa shape index (κ3) is 3.53. The van der Waals surface area contributed by atoms with Crippen LogP contribution in [0.3, 0.4) is 0 Å². The second kappa shape index (κ2) is 9.10. The van der Waals surface area contributed by atoms with Crippen molar-refractivity contribution in [3.63, 3.8) is 0 Å². The number of carbonyl (C=O) groups excluding carboxylic acids is 1. The number of Topliss-reactive ketones (excluding diaryl/α,β-unsaturated/α-hetero) is 1. The molecular formula is C26H30O8. The smallest absolute Gasteiger partial charge is 0.231 e. The minimum Gasteiger partial charge on any atom is -0.504 e. The van der Waals surface area contributed by atoms with Gasteiger partial charge in [-0.05, 0) is 55.0 Å². The van der Waals surface area contributed by atoms with Crippen LogP contribution in [0.5, 0.6) is 34.5 Å². The van der Waals surface area contributed by atoms with Gasteiger partial charge in [0.2, 0.25) is 18.3 Å². The molecule has 2 aromatic rings. The van der Waals surface area contributed by atoms with Crippen LogP contribution in [0.25, 0.3) is 11.1 Å². The quantitative estimate of drug-likeness (QED) is 0.633. The first-order chi connectivity index (χ1) is 16.3. The number of hydrogen-bond acceptors (Lipinski definition) is 8. The molecular weight excluding hydrogens is 440 g/mol. The van der Waals surface area contributed by atoms with Gasteiger partial charge >= 0.3 is 0 Å². The molecule has 182 valence electrons. The van der Waals surface area contributed by atoms with Crippen molar-refractivity contribution in [2.24, 2.45) is 5.92 Å². The molecule has 3 atom stereocenters. The molecule has 8 nitrogen and oxygen atoms in total. The van der Waals surface area contributed by atoms with Crippen LogP contribution < -0.4 is 23.7 Å². The fourth-order valence-corrected chi connectivity index (χ4v) is 4.86. The van der Waals surface area contributed by atoms with E-state index < -0.39 is 12.0 Å². The van der Waals surface area contributed by atoms with E-state index in [0.29, 0.717) is 45.9 Å². The highest BCUT2D eigenvalue weighted by Crippen LogP contribution is 2.57. The number of carbonyl (C=O) groups is 1. The topological polar surface area (TPSA) is 104 Å². The van der Waals surface area contributed by atoms with E-state index in [-0.39, 0.29) is 35.7 Å². The summed E-state index contributed by atoms with van der Waals surface area (Å²) in [4.78, 5) is 13.6. The molecule has 0 saturated carbocycles. The Morgan fingerprint density at radius 3 is 2.41 bits per heavy atom. The van der Waals surface area contributed by atoms with Gasteiger partial charge in [0.25, 0.3) is 0 Å². The average molecular weight is 471 g/mol. The highest BCUT2D eigenvalue weighted by molar-refractivity contribution is 6.03. The molecule has 1 aliphatic heterocycles. The molecule has 2 N–H and O–H groups in total. The van der Waals surface area contributed by atoms with E-state index >= 15 is 0 Å². The van der Waals surface area contributed by atoms with Crippen molar-refractivity contribution in [2.75, 3.05) is 28.1 Å². The first kappa shape index (κ1) is 23.8. The van der Waals surface area contributed by atoms with Gasteiger partial charge in [-0.25, -0.2) is 0 Å². The lowest BCUT2D eigenvalue weighted by atomic mass is 9.73. The number of aliphatic hydroxyl groups is 1. The second-order valence-corrected chi connectivity index (χ2v) is 8.59. The van der Waals surface area contributed by atoms with E-state index in [4.69, 9.17) is 23.7 Å². The van der Waals surface area contributed by atoms with Gasteiger partial charge in [-0.1, -0.05) is 13.0 Å². The molecule has 2 aliphatic rings. The van der Waals surface area contributed by atoms with Gasteiger partial charge in [-0.3, -0.25) is 4.79 Å². The van der Waals surface area contributed by atoms with Gasteiger partial charge in [0.1, 0.15) is 0 Å². The zero-order valence-corrected chi connectivity index (χ0v) is 20.2. The number of ketones is 1. The molecule has 4 rings (SSSR count). The van der Waals surface area contributed by atoms with Crippen molar-refractivity contribution >= 4 is 5.78 Å². The Balaban J connectivity index is 2.17. The summed E-state index contributed by atoms with van der Waals surface area (Å²) < 4.78 is 28.0. The lowest BCUT2D eigenvalue weighted by Gasteiger charge is -2.34. The molecule has 0 amide bonds. The third-order valence-corrected chi connectivity index (χ3v) is 6.74. The Morgan fingerprint density at radius 2 is 1.79 bits per heavy atom. The number of aliphatic hydroxyl groups excluding tert-OH is 1. The van der Waals surface area contributed by atoms with Crippen molar-refractivity contribution in [3.8, 4) is 45.6 Å². The SMILES string of the molecule is C/C=C(\C)C(=O)[C@H]1c2cc(OC)c(OC)c(O)c2-c2c(cc3c(c2OC)OCO3)C[C@@H](C)[C@H]1O. The molecule has 2 aromatic carbocycles. The van der Waals surface area contributed by atoms with Gasteiger partial charge in [-0.2, -0.15) is 0 Å². The molecule has 0 radical (unpaired) electrons. The molecule has 0 aromatic heterocycles. The third-order valence-electron chi connectivity index (χ3n) is 6.74. The number of benzene rings is 2. The van der Waals surface area contributed by atoms with Gasteiger partial charge in [-0.15, -0.1) is 0 Å². The molecule has 0 fully saturated rings. The van der Waals surface area contributed by atoms with Crippen LogP contribution >= 0.6 is 0 Å². The van der Waals surface area contributed by atoms with Crippen molar-refractivity contribution in [1.29, 1.82) is 0 Å². The number of phenolic OH excluding ortho intramolecular Hbond substituents is 1. The maximum absolute atomic E-state index is 13.6. The summed E-state index contributed by atoms with van der Waals surface area (Å²) in [6.45, 7) is 5.42. The fraction of sp³-hybridized carbons (Fsp3) is 0.423.